The van der Waals surface area contributed by atoms with Gasteiger partial charge in [0.1, 0.15) is 0 Å². The van der Waals surface area contributed by atoms with E-state index in [0.29, 0.717) is 0 Å². The molecule has 56 valence electrons. The number of hydrogen-bond acceptors (Lipinski definition) is 0. The van der Waals surface area contributed by atoms with Crippen LogP contribution in [-0.4, -0.2) is 12.5 Å². The minimum atomic E-state index is -0.786. The third kappa shape index (κ3) is 4.36. The van der Waals surface area contributed by atoms with Crippen molar-refractivity contribution >= 4 is 30.7 Å². The summed E-state index contributed by atoms with van der Waals surface area (Å²) in [4.78, 5) is 0. The normalized spacial score (nSPS) is 15.7. The molecule has 0 aromatic carbocycles. The smallest absolute Gasteiger partial charge is 0.0471 e. The molecule has 2 heteroatoms. The highest BCUT2D eigenvalue weighted by molar-refractivity contribution is 14.1. The van der Waals surface area contributed by atoms with Gasteiger partial charge in [-0.05, 0) is 16.4 Å². The molecule has 0 aromatic heterocycles. The van der Waals surface area contributed by atoms with Gasteiger partial charge in [0.05, 0.1) is 0 Å². The molecule has 0 aliphatic rings. The summed E-state index contributed by atoms with van der Waals surface area (Å²) in [6.07, 6.45) is 1.41. The van der Waals surface area contributed by atoms with Gasteiger partial charge >= 0.3 is 0 Å². The van der Waals surface area contributed by atoms with Gasteiger partial charge in [-0.3, -0.25) is 0 Å². The van der Waals surface area contributed by atoms with Crippen molar-refractivity contribution in [2.75, 3.05) is 4.43 Å². The molecular weight excluding hydrogens is 239 g/mol. The maximum absolute atomic E-state index is 2.46. The van der Waals surface area contributed by atoms with Crippen molar-refractivity contribution in [1.82, 2.24) is 0 Å². The zero-order valence-corrected chi connectivity index (χ0v) is 10.0. The van der Waals surface area contributed by atoms with E-state index in [1.54, 1.807) is 0 Å². The quantitative estimate of drug-likeness (QED) is 0.411. The van der Waals surface area contributed by atoms with Crippen LogP contribution in [0.4, 0.5) is 0 Å². The van der Waals surface area contributed by atoms with Crippen LogP contribution in [0.3, 0.4) is 0 Å². The first-order chi connectivity index (χ1) is 3.98. The molecule has 0 aliphatic heterocycles. The molecule has 0 aromatic rings. The van der Waals surface area contributed by atoms with Gasteiger partial charge in [0.15, 0.2) is 0 Å². The third-order valence-corrected chi connectivity index (χ3v) is 5.89. The molecule has 1 unspecified atom stereocenters. The molecule has 1 atom stereocenters. The molecule has 0 saturated heterocycles. The SMILES string of the molecule is CC(CCI)[Si](C)(C)C. The van der Waals surface area contributed by atoms with Crippen molar-refractivity contribution in [2.24, 2.45) is 0 Å². The first-order valence-electron chi connectivity index (χ1n) is 3.54. The van der Waals surface area contributed by atoms with Gasteiger partial charge in [0.2, 0.25) is 0 Å². The predicted octanol–water partition coefficient (Wildman–Crippen LogP) is 3.54. The minimum Gasteiger partial charge on any atom is -0.0864 e. The van der Waals surface area contributed by atoms with Crippen LogP contribution in [-0.2, 0) is 0 Å². The lowest BCUT2D eigenvalue weighted by Crippen LogP contribution is -2.26. The number of halogens is 1. The molecule has 0 N–H and O–H groups in total. The first kappa shape index (κ1) is 9.95. The summed E-state index contributed by atoms with van der Waals surface area (Å²) in [6.45, 7) is 9.74. The Bertz CT molecular complexity index is 75.5. The fraction of sp³-hybridized carbons (Fsp3) is 1.00. The Hall–Kier alpha value is 0.947. The largest absolute Gasteiger partial charge is 0.0864 e. The van der Waals surface area contributed by atoms with Gasteiger partial charge in [-0.25, -0.2) is 0 Å². The van der Waals surface area contributed by atoms with E-state index in [-0.39, 0.29) is 0 Å². The van der Waals surface area contributed by atoms with Gasteiger partial charge in [-0.1, -0.05) is 49.2 Å². The van der Waals surface area contributed by atoms with Gasteiger partial charge in [0, 0.05) is 8.07 Å². The van der Waals surface area contributed by atoms with Gasteiger partial charge in [-0.2, -0.15) is 0 Å². The summed E-state index contributed by atoms with van der Waals surface area (Å²) in [6, 6.07) is 0. The highest BCUT2D eigenvalue weighted by Crippen LogP contribution is 2.24. The Morgan fingerprint density at radius 1 is 1.33 bits per heavy atom. The summed E-state index contributed by atoms with van der Waals surface area (Å²) >= 11 is 2.46. The monoisotopic (exact) mass is 256 g/mol. The fourth-order valence-electron chi connectivity index (χ4n) is 0.597. The van der Waals surface area contributed by atoms with E-state index in [0.717, 1.165) is 5.54 Å². The summed E-state index contributed by atoms with van der Waals surface area (Å²) < 4.78 is 1.32. The van der Waals surface area contributed by atoms with Gasteiger partial charge in [-0.15, -0.1) is 0 Å². The summed E-state index contributed by atoms with van der Waals surface area (Å²) in [5.41, 5.74) is 0.995. The standard InChI is InChI=1S/C7H17ISi/c1-7(5-6-8)9(2,3)4/h7H,5-6H2,1-4H3. The van der Waals surface area contributed by atoms with E-state index < -0.39 is 8.07 Å². The molecule has 0 saturated carbocycles. The van der Waals surface area contributed by atoms with Crippen LogP contribution in [0.2, 0.25) is 25.2 Å². The lowest BCUT2D eigenvalue weighted by molar-refractivity contribution is 0.862. The van der Waals surface area contributed by atoms with Crippen molar-refractivity contribution in [2.45, 2.75) is 38.5 Å². The molecule has 0 fully saturated rings. The Morgan fingerprint density at radius 3 is 1.89 bits per heavy atom. The molecular formula is C7H17ISi. The van der Waals surface area contributed by atoms with Crippen molar-refractivity contribution < 1.29 is 0 Å². The van der Waals surface area contributed by atoms with Crippen LogP contribution in [0, 0.1) is 0 Å². The van der Waals surface area contributed by atoms with E-state index in [9.17, 15) is 0 Å². The van der Waals surface area contributed by atoms with Gasteiger partial charge in [0.25, 0.3) is 0 Å². The Labute approximate surface area is 73.6 Å². The lowest BCUT2D eigenvalue weighted by Gasteiger charge is -2.23. The Balaban J connectivity index is 3.59. The average molecular weight is 256 g/mol. The van der Waals surface area contributed by atoms with E-state index in [2.05, 4.69) is 49.2 Å². The highest BCUT2D eigenvalue weighted by atomic mass is 127. The van der Waals surface area contributed by atoms with Crippen molar-refractivity contribution in [3.8, 4) is 0 Å². The van der Waals surface area contributed by atoms with E-state index in [1.165, 1.54) is 10.8 Å². The number of hydrogen-bond donors (Lipinski definition) is 0. The second-order valence-electron chi connectivity index (χ2n) is 3.74. The van der Waals surface area contributed by atoms with Crippen LogP contribution in [0.15, 0.2) is 0 Å². The van der Waals surface area contributed by atoms with E-state index >= 15 is 0 Å². The lowest BCUT2D eigenvalue weighted by atomic mass is 10.4. The van der Waals surface area contributed by atoms with Crippen molar-refractivity contribution in [1.29, 1.82) is 0 Å². The molecule has 9 heavy (non-hydrogen) atoms. The molecule has 0 nitrogen and oxygen atoms in total. The van der Waals surface area contributed by atoms with Crippen LogP contribution < -0.4 is 0 Å². The number of alkyl halides is 1. The summed E-state index contributed by atoms with van der Waals surface area (Å²) in [5.74, 6) is 0. The molecule has 0 radical (unpaired) electrons. The van der Waals surface area contributed by atoms with Crippen LogP contribution in [0.5, 0.6) is 0 Å². The zero-order valence-electron chi connectivity index (χ0n) is 6.87. The summed E-state index contributed by atoms with van der Waals surface area (Å²) in [5, 5.41) is 0. The van der Waals surface area contributed by atoms with Crippen LogP contribution in [0.25, 0.3) is 0 Å². The molecule has 0 rings (SSSR count). The molecule has 0 heterocycles. The Kier molecular flexibility index (Phi) is 4.38. The minimum absolute atomic E-state index is 0.786. The molecule has 0 amide bonds. The van der Waals surface area contributed by atoms with Crippen LogP contribution >= 0.6 is 22.6 Å². The molecule has 0 spiro atoms. The second-order valence-corrected chi connectivity index (χ2v) is 10.5. The maximum Gasteiger partial charge on any atom is 0.0471 e. The number of rotatable bonds is 3. The van der Waals surface area contributed by atoms with Gasteiger partial charge < -0.3 is 0 Å². The molecule has 0 aliphatic carbocycles. The molecule has 0 bridgehead atoms. The topological polar surface area (TPSA) is 0 Å². The highest BCUT2D eigenvalue weighted by Gasteiger charge is 2.20. The van der Waals surface area contributed by atoms with E-state index in [1.807, 2.05) is 0 Å². The third-order valence-electron chi connectivity index (χ3n) is 2.02. The second kappa shape index (κ2) is 3.96. The van der Waals surface area contributed by atoms with Crippen LogP contribution in [0.1, 0.15) is 13.3 Å². The van der Waals surface area contributed by atoms with Crippen molar-refractivity contribution in [3.63, 3.8) is 0 Å². The van der Waals surface area contributed by atoms with E-state index in [4.69, 9.17) is 0 Å². The first-order valence-corrected chi connectivity index (χ1v) is 8.64. The average Bonchev–Trinajstić information content (AvgIpc) is 1.64. The van der Waals surface area contributed by atoms with Crippen molar-refractivity contribution in [3.05, 3.63) is 0 Å². The maximum atomic E-state index is 2.46. The zero-order chi connectivity index (χ0) is 7.49. The predicted molar refractivity (Wildman–Crippen MR) is 56.3 cm³/mol. The fourth-order valence-corrected chi connectivity index (χ4v) is 3.13. The Morgan fingerprint density at radius 2 is 1.78 bits per heavy atom. The summed E-state index contributed by atoms with van der Waals surface area (Å²) in [7, 11) is -0.786.